The Morgan fingerprint density at radius 2 is 1.84 bits per heavy atom. The van der Waals surface area contributed by atoms with E-state index in [0.29, 0.717) is 13.0 Å². The number of imidazole rings is 1. The summed E-state index contributed by atoms with van der Waals surface area (Å²) in [5.41, 5.74) is 5.57. The number of carbonyl (C=O) groups excluding carboxylic acids is 1. The summed E-state index contributed by atoms with van der Waals surface area (Å²) < 4.78 is 2.03. The minimum absolute atomic E-state index is 0.0447. The van der Waals surface area contributed by atoms with Crippen LogP contribution in [0.25, 0.3) is 5.69 Å². The lowest BCUT2D eigenvalue weighted by Gasteiger charge is -2.10. The third-order valence-electron chi connectivity index (χ3n) is 4.39. The molecule has 0 fully saturated rings. The fourth-order valence-corrected chi connectivity index (χ4v) is 2.85. The number of rotatable bonds is 5. The van der Waals surface area contributed by atoms with E-state index < -0.39 is 0 Å². The molecule has 0 aliphatic carbocycles. The Morgan fingerprint density at radius 3 is 2.52 bits per heavy atom. The second-order valence-electron chi connectivity index (χ2n) is 6.39. The minimum atomic E-state index is 0.0447. The van der Waals surface area contributed by atoms with Crippen LogP contribution in [0.1, 0.15) is 28.1 Å². The number of nitrogens with zero attached hydrogens (tertiary/aromatic N) is 2. The minimum Gasteiger partial charge on any atom is -0.352 e. The van der Waals surface area contributed by atoms with Gasteiger partial charge in [0.15, 0.2) is 0 Å². The first kappa shape index (κ1) is 17.0. The Balaban J connectivity index is 1.59. The van der Waals surface area contributed by atoms with Gasteiger partial charge in [-0.2, -0.15) is 0 Å². The van der Waals surface area contributed by atoms with E-state index in [2.05, 4.69) is 28.5 Å². The Morgan fingerprint density at radius 1 is 1.08 bits per heavy atom. The molecule has 1 amide bonds. The topological polar surface area (TPSA) is 46.9 Å². The van der Waals surface area contributed by atoms with Gasteiger partial charge in [-0.25, -0.2) is 4.98 Å². The van der Waals surface area contributed by atoms with Gasteiger partial charge >= 0.3 is 0 Å². The molecule has 1 heterocycles. The van der Waals surface area contributed by atoms with Crippen LogP contribution in [-0.2, 0) is 17.8 Å². The highest BCUT2D eigenvalue weighted by atomic mass is 16.1. The molecule has 1 aromatic heterocycles. The standard InChI is InChI=1S/C21H23N3O/c1-15-4-5-16(2)19(12-15)13-21(25)23-14-18-6-8-20(9-7-18)24-11-10-22-17(24)3/h4-12H,13-14H2,1-3H3,(H,23,25). The van der Waals surface area contributed by atoms with Crippen molar-refractivity contribution in [3.8, 4) is 5.69 Å². The Hall–Kier alpha value is -2.88. The van der Waals surface area contributed by atoms with Crippen LogP contribution in [0.5, 0.6) is 0 Å². The van der Waals surface area contributed by atoms with Gasteiger partial charge in [0.25, 0.3) is 0 Å². The summed E-state index contributed by atoms with van der Waals surface area (Å²) in [6, 6.07) is 14.4. The van der Waals surface area contributed by atoms with Crippen LogP contribution in [0, 0.1) is 20.8 Å². The monoisotopic (exact) mass is 333 g/mol. The highest BCUT2D eigenvalue weighted by molar-refractivity contribution is 5.79. The molecular formula is C21H23N3O. The highest BCUT2D eigenvalue weighted by Crippen LogP contribution is 2.13. The van der Waals surface area contributed by atoms with E-state index in [4.69, 9.17) is 0 Å². The van der Waals surface area contributed by atoms with Gasteiger partial charge in [0.2, 0.25) is 5.91 Å². The average molecular weight is 333 g/mol. The van der Waals surface area contributed by atoms with Crippen LogP contribution in [0.4, 0.5) is 0 Å². The van der Waals surface area contributed by atoms with Crippen LogP contribution >= 0.6 is 0 Å². The number of aryl methyl sites for hydroxylation is 3. The lowest BCUT2D eigenvalue weighted by atomic mass is 10.0. The molecular weight excluding hydrogens is 310 g/mol. The first-order chi connectivity index (χ1) is 12.0. The molecule has 0 saturated carbocycles. The second-order valence-corrected chi connectivity index (χ2v) is 6.39. The summed E-state index contributed by atoms with van der Waals surface area (Å²) in [5.74, 6) is 0.998. The van der Waals surface area contributed by atoms with Crippen molar-refractivity contribution >= 4 is 5.91 Å². The van der Waals surface area contributed by atoms with Crippen molar-refractivity contribution in [2.45, 2.75) is 33.7 Å². The number of nitrogens with one attached hydrogen (secondary N) is 1. The zero-order valence-corrected chi connectivity index (χ0v) is 14.9. The van der Waals surface area contributed by atoms with Gasteiger partial charge in [0, 0.05) is 24.6 Å². The highest BCUT2D eigenvalue weighted by Gasteiger charge is 2.07. The largest absolute Gasteiger partial charge is 0.352 e. The van der Waals surface area contributed by atoms with E-state index in [1.807, 2.05) is 55.8 Å². The van der Waals surface area contributed by atoms with Gasteiger partial charge in [0.1, 0.15) is 5.82 Å². The number of amides is 1. The quantitative estimate of drug-likeness (QED) is 0.774. The van der Waals surface area contributed by atoms with E-state index in [1.165, 1.54) is 5.56 Å². The van der Waals surface area contributed by atoms with E-state index in [0.717, 1.165) is 28.2 Å². The Kier molecular flexibility index (Phi) is 4.98. The average Bonchev–Trinajstić information content (AvgIpc) is 3.03. The summed E-state index contributed by atoms with van der Waals surface area (Å²) in [7, 11) is 0. The van der Waals surface area contributed by atoms with Gasteiger partial charge in [-0.15, -0.1) is 0 Å². The number of aromatic nitrogens is 2. The normalized spacial score (nSPS) is 10.7. The summed E-state index contributed by atoms with van der Waals surface area (Å²) >= 11 is 0. The van der Waals surface area contributed by atoms with Gasteiger partial charge in [0.05, 0.1) is 6.42 Å². The molecule has 4 nitrogen and oxygen atoms in total. The SMILES string of the molecule is Cc1ccc(C)c(CC(=O)NCc2ccc(-n3ccnc3C)cc2)c1. The molecule has 0 bridgehead atoms. The van der Waals surface area contributed by atoms with Gasteiger partial charge in [-0.05, 0) is 49.6 Å². The maximum Gasteiger partial charge on any atom is 0.224 e. The molecule has 0 aliphatic rings. The molecule has 1 N–H and O–H groups in total. The second kappa shape index (κ2) is 7.34. The molecule has 0 spiro atoms. The van der Waals surface area contributed by atoms with Crippen molar-refractivity contribution in [2.75, 3.05) is 0 Å². The van der Waals surface area contributed by atoms with Crippen LogP contribution in [0.3, 0.4) is 0 Å². The molecule has 4 heteroatoms. The molecule has 128 valence electrons. The summed E-state index contributed by atoms with van der Waals surface area (Å²) in [6.07, 6.45) is 4.15. The van der Waals surface area contributed by atoms with Crippen LogP contribution in [0.2, 0.25) is 0 Å². The van der Waals surface area contributed by atoms with Gasteiger partial charge < -0.3 is 9.88 Å². The van der Waals surface area contributed by atoms with Crippen LogP contribution in [0.15, 0.2) is 54.9 Å². The van der Waals surface area contributed by atoms with Crippen molar-refractivity contribution < 1.29 is 4.79 Å². The maximum atomic E-state index is 12.2. The number of hydrogen-bond donors (Lipinski definition) is 1. The van der Waals surface area contributed by atoms with Crippen molar-refractivity contribution in [1.29, 1.82) is 0 Å². The summed E-state index contributed by atoms with van der Waals surface area (Å²) in [4.78, 5) is 16.5. The predicted molar refractivity (Wildman–Crippen MR) is 99.8 cm³/mol. The number of hydrogen-bond acceptors (Lipinski definition) is 2. The molecule has 0 saturated heterocycles. The first-order valence-electron chi connectivity index (χ1n) is 8.45. The lowest BCUT2D eigenvalue weighted by Crippen LogP contribution is -2.24. The fourth-order valence-electron chi connectivity index (χ4n) is 2.85. The third kappa shape index (κ3) is 4.15. The molecule has 2 aromatic carbocycles. The maximum absolute atomic E-state index is 12.2. The number of carbonyl (C=O) groups is 1. The van der Waals surface area contributed by atoms with E-state index in [1.54, 1.807) is 6.20 Å². The molecule has 0 atom stereocenters. The molecule has 0 unspecified atom stereocenters. The van der Waals surface area contributed by atoms with Gasteiger partial charge in [-0.3, -0.25) is 4.79 Å². The molecule has 0 aliphatic heterocycles. The Bertz CT molecular complexity index is 878. The number of benzene rings is 2. The van der Waals surface area contributed by atoms with E-state index in [9.17, 15) is 4.79 Å². The van der Waals surface area contributed by atoms with Crippen molar-refractivity contribution in [3.63, 3.8) is 0 Å². The lowest BCUT2D eigenvalue weighted by molar-refractivity contribution is -0.120. The van der Waals surface area contributed by atoms with Crippen LogP contribution in [-0.4, -0.2) is 15.5 Å². The molecule has 3 rings (SSSR count). The Labute approximate surface area is 148 Å². The van der Waals surface area contributed by atoms with E-state index >= 15 is 0 Å². The van der Waals surface area contributed by atoms with Crippen molar-refractivity contribution in [1.82, 2.24) is 14.9 Å². The van der Waals surface area contributed by atoms with Crippen molar-refractivity contribution in [2.24, 2.45) is 0 Å². The van der Waals surface area contributed by atoms with Crippen molar-refractivity contribution in [3.05, 3.63) is 82.9 Å². The summed E-state index contributed by atoms with van der Waals surface area (Å²) in [6.45, 7) is 6.59. The fraction of sp³-hybridized carbons (Fsp3) is 0.238. The zero-order valence-electron chi connectivity index (χ0n) is 14.9. The predicted octanol–water partition coefficient (Wildman–Crippen LogP) is 3.66. The zero-order chi connectivity index (χ0) is 17.8. The molecule has 0 radical (unpaired) electrons. The molecule has 25 heavy (non-hydrogen) atoms. The van der Waals surface area contributed by atoms with E-state index in [-0.39, 0.29) is 5.91 Å². The van der Waals surface area contributed by atoms with Crippen LogP contribution < -0.4 is 5.32 Å². The third-order valence-corrected chi connectivity index (χ3v) is 4.39. The smallest absolute Gasteiger partial charge is 0.224 e. The first-order valence-corrected chi connectivity index (χ1v) is 8.45. The van der Waals surface area contributed by atoms with Gasteiger partial charge in [-0.1, -0.05) is 35.9 Å². The summed E-state index contributed by atoms with van der Waals surface area (Å²) in [5, 5.41) is 3.00. The molecule has 3 aromatic rings.